The number of rotatable bonds is 4. The van der Waals surface area contributed by atoms with Crippen molar-refractivity contribution in [1.29, 1.82) is 0 Å². The van der Waals surface area contributed by atoms with Gasteiger partial charge in [-0.15, -0.1) is 0 Å². The van der Waals surface area contributed by atoms with E-state index in [1.165, 1.54) is 0 Å². The zero-order valence-electron chi connectivity index (χ0n) is 14.5. The van der Waals surface area contributed by atoms with Gasteiger partial charge in [0.1, 0.15) is 5.82 Å². The van der Waals surface area contributed by atoms with Crippen molar-refractivity contribution in [2.24, 2.45) is 0 Å². The molecule has 0 radical (unpaired) electrons. The lowest BCUT2D eigenvalue weighted by Crippen LogP contribution is -2.49. The molecule has 134 valence electrons. The van der Waals surface area contributed by atoms with Gasteiger partial charge in [-0.05, 0) is 26.7 Å². The number of aliphatic hydroxyl groups is 1. The van der Waals surface area contributed by atoms with Crippen molar-refractivity contribution < 1.29 is 9.90 Å². The Kier molecular flexibility index (Phi) is 4.71. The summed E-state index contributed by atoms with van der Waals surface area (Å²) >= 11 is 0. The number of piperidine rings is 1. The highest BCUT2D eigenvalue weighted by molar-refractivity contribution is 5.79. The van der Waals surface area contributed by atoms with Gasteiger partial charge in [-0.1, -0.05) is 0 Å². The molecule has 1 aliphatic rings. The van der Waals surface area contributed by atoms with Gasteiger partial charge < -0.3 is 19.6 Å². The molecule has 8 heteroatoms. The maximum atomic E-state index is 12.5. The fourth-order valence-electron chi connectivity index (χ4n) is 3.27. The molecule has 0 saturated carbocycles. The molecule has 1 fully saturated rings. The Morgan fingerprint density at radius 2 is 2.08 bits per heavy atom. The number of amides is 1. The minimum Gasteiger partial charge on any atom is -0.388 e. The molecule has 0 unspecified atom stereocenters. The lowest BCUT2D eigenvalue weighted by Gasteiger charge is -2.38. The molecule has 2 aromatic rings. The first-order chi connectivity index (χ1) is 11.9. The van der Waals surface area contributed by atoms with Gasteiger partial charge in [0.25, 0.3) is 5.56 Å². The quantitative estimate of drug-likeness (QED) is 0.823. The summed E-state index contributed by atoms with van der Waals surface area (Å²) in [6.07, 6.45) is 6.20. The van der Waals surface area contributed by atoms with Crippen molar-refractivity contribution in [1.82, 2.24) is 24.4 Å². The van der Waals surface area contributed by atoms with Crippen molar-refractivity contribution in [2.45, 2.75) is 45.3 Å². The lowest BCUT2D eigenvalue weighted by atomic mass is 9.91. The Bertz CT molecular complexity index is 804. The number of aromatic amines is 1. The molecule has 3 heterocycles. The Labute approximate surface area is 145 Å². The lowest BCUT2D eigenvalue weighted by molar-refractivity contribution is -0.135. The van der Waals surface area contributed by atoms with Crippen LogP contribution < -0.4 is 5.56 Å². The number of likely N-dealkylation sites (tertiary alicyclic amines) is 1. The Morgan fingerprint density at radius 3 is 2.68 bits per heavy atom. The van der Waals surface area contributed by atoms with Crippen LogP contribution in [0.3, 0.4) is 0 Å². The molecule has 0 atom stereocenters. The molecule has 0 aromatic carbocycles. The summed E-state index contributed by atoms with van der Waals surface area (Å²) in [5, 5.41) is 10.7. The van der Waals surface area contributed by atoms with Crippen LogP contribution in [0.25, 0.3) is 0 Å². The van der Waals surface area contributed by atoms with Gasteiger partial charge in [0, 0.05) is 36.7 Å². The van der Waals surface area contributed by atoms with Crippen molar-refractivity contribution in [3.63, 3.8) is 0 Å². The topological polar surface area (TPSA) is 104 Å². The average molecular weight is 345 g/mol. The fourth-order valence-corrected chi connectivity index (χ4v) is 3.27. The van der Waals surface area contributed by atoms with Crippen LogP contribution in [-0.4, -0.2) is 54.1 Å². The van der Waals surface area contributed by atoms with Crippen LogP contribution in [0.1, 0.15) is 29.9 Å². The summed E-state index contributed by atoms with van der Waals surface area (Å²) in [6, 6.07) is 0. The van der Waals surface area contributed by atoms with E-state index in [-0.39, 0.29) is 17.9 Å². The van der Waals surface area contributed by atoms with E-state index in [1.54, 1.807) is 31.3 Å². The van der Waals surface area contributed by atoms with Gasteiger partial charge in [0.2, 0.25) is 5.91 Å². The van der Waals surface area contributed by atoms with Crippen LogP contribution in [0, 0.1) is 13.8 Å². The molecule has 0 spiro atoms. The number of aromatic nitrogens is 4. The highest BCUT2D eigenvalue weighted by atomic mass is 16.3. The Balaban J connectivity index is 1.61. The maximum absolute atomic E-state index is 12.5. The van der Waals surface area contributed by atoms with Gasteiger partial charge in [-0.3, -0.25) is 9.59 Å². The summed E-state index contributed by atoms with van der Waals surface area (Å²) in [6.45, 7) is 4.87. The van der Waals surface area contributed by atoms with Crippen LogP contribution in [0.15, 0.2) is 23.5 Å². The van der Waals surface area contributed by atoms with Crippen molar-refractivity contribution in [3.05, 3.63) is 46.2 Å². The molecule has 1 saturated heterocycles. The predicted octanol–water partition coefficient (Wildman–Crippen LogP) is 0.179. The number of imidazole rings is 1. The zero-order valence-corrected chi connectivity index (χ0v) is 14.5. The second kappa shape index (κ2) is 6.79. The number of hydrogen-bond donors (Lipinski definition) is 2. The summed E-state index contributed by atoms with van der Waals surface area (Å²) in [5.41, 5.74) is -0.0962. The molecule has 2 N–H and O–H groups in total. The van der Waals surface area contributed by atoms with E-state index in [2.05, 4.69) is 15.0 Å². The number of nitrogens with zero attached hydrogens (tertiary/aromatic N) is 4. The first kappa shape index (κ1) is 17.3. The van der Waals surface area contributed by atoms with Gasteiger partial charge in [-0.25, -0.2) is 9.97 Å². The van der Waals surface area contributed by atoms with Gasteiger partial charge in [0.05, 0.1) is 24.9 Å². The molecular weight excluding hydrogens is 322 g/mol. The summed E-state index contributed by atoms with van der Waals surface area (Å²) in [7, 11) is 0. The SMILES string of the molecule is Cc1nc(C)c(CC(=O)N2CCC(O)(Cn3ccnc3)CC2)c(=O)[nH]1. The van der Waals surface area contributed by atoms with E-state index in [0.717, 1.165) is 0 Å². The van der Waals surface area contributed by atoms with Crippen molar-refractivity contribution in [3.8, 4) is 0 Å². The molecule has 1 amide bonds. The zero-order chi connectivity index (χ0) is 18.0. The maximum Gasteiger partial charge on any atom is 0.254 e. The third-order valence-electron chi connectivity index (χ3n) is 4.75. The molecule has 8 nitrogen and oxygen atoms in total. The van der Waals surface area contributed by atoms with Crippen molar-refractivity contribution >= 4 is 5.91 Å². The Hall–Kier alpha value is -2.48. The van der Waals surface area contributed by atoms with E-state index in [0.29, 0.717) is 49.6 Å². The minimum absolute atomic E-state index is 0.0361. The number of H-pyrrole nitrogens is 1. The molecule has 3 rings (SSSR count). The number of aryl methyl sites for hydroxylation is 2. The van der Waals surface area contributed by atoms with E-state index in [9.17, 15) is 14.7 Å². The summed E-state index contributed by atoms with van der Waals surface area (Å²) < 4.78 is 1.85. The van der Waals surface area contributed by atoms with E-state index in [1.807, 2.05) is 10.8 Å². The van der Waals surface area contributed by atoms with Gasteiger partial charge in [0.15, 0.2) is 0 Å². The number of hydrogen-bond acceptors (Lipinski definition) is 5. The highest BCUT2D eigenvalue weighted by Crippen LogP contribution is 2.24. The molecule has 0 bridgehead atoms. The predicted molar refractivity (Wildman–Crippen MR) is 91.0 cm³/mol. The monoisotopic (exact) mass is 345 g/mol. The number of nitrogens with one attached hydrogen (secondary N) is 1. The smallest absolute Gasteiger partial charge is 0.254 e. The van der Waals surface area contributed by atoms with Gasteiger partial charge >= 0.3 is 0 Å². The van der Waals surface area contributed by atoms with Crippen LogP contribution in [0.2, 0.25) is 0 Å². The van der Waals surface area contributed by atoms with E-state index < -0.39 is 5.60 Å². The van der Waals surface area contributed by atoms with Crippen molar-refractivity contribution in [2.75, 3.05) is 13.1 Å². The summed E-state index contributed by atoms with van der Waals surface area (Å²) in [4.78, 5) is 37.1. The van der Waals surface area contributed by atoms with Crippen LogP contribution in [0.5, 0.6) is 0 Å². The third kappa shape index (κ3) is 3.96. The fraction of sp³-hybridized carbons (Fsp3) is 0.529. The van der Waals surface area contributed by atoms with E-state index >= 15 is 0 Å². The molecule has 0 aliphatic carbocycles. The molecular formula is C17H23N5O3. The average Bonchev–Trinajstić information content (AvgIpc) is 3.03. The Morgan fingerprint density at radius 1 is 1.36 bits per heavy atom. The highest BCUT2D eigenvalue weighted by Gasteiger charge is 2.34. The minimum atomic E-state index is -0.837. The second-order valence-electron chi connectivity index (χ2n) is 6.73. The van der Waals surface area contributed by atoms with Crippen LogP contribution >= 0.6 is 0 Å². The number of carbonyl (C=O) groups is 1. The first-order valence-electron chi connectivity index (χ1n) is 8.39. The largest absolute Gasteiger partial charge is 0.388 e. The van der Waals surface area contributed by atoms with E-state index in [4.69, 9.17) is 0 Å². The molecule has 25 heavy (non-hydrogen) atoms. The second-order valence-corrected chi connectivity index (χ2v) is 6.73. The van der Waals surface area contributed by atoms with Crippen LogP contribution in [-0.2, 0) is 17.8 Å². The van der Waals surface area contributed by atoms with Crippen LogP contribution in [0.4, 0.5) is 0 Å². The first-order valence-corrected chi connectivity index (χ1v) is 8.39. The normalized spacial score (nSPS) is 16.8. The third-order valence-corrected chi connectivity index (χ3v) is 4.75. The van der Waals surface area contributed by atoms with Gasteiger partial charge in [-0.2, -0.15) is 0 Å². The standard InChI is InChI=1S/C17H23N5O3/c1-12-14(16(24)20-13(2)19-12)9-15(23)22-6-3-17(25,4-7-22)10-21-8-5-18-11-21/h5,8,11,25H,3-4,6-7,9-10H2,1-2H3,(H,19,20,24). The summed E-state index contributed by atoms with van der Waals surface area (Å²) in [5.74, 6) is 0.435. The number of carbonyl (C=O) groups excluding carboxylic acids is 1. The molecule has 1 aliphatic heterocycles. The molecule has 2 aromatic heterocycles.